The summed E-state index contributed by atoms with van der Waals surface area (Å²) in [6.07, 6.45) is -0.678. The Bertz CT molecular complexity index is 1630. The van der Waals surface area contributed by atoms with Gasteiger partial charge in [-0.25, -0.2) is 12.8 Å². The first-order valence-corrected chi connectivity index (χ1v) is 15.7. The van der Waals surface area contributed by atoms with Gasteiger partial charge in [0.2, 0.25) is 9.84 Å². The van der Waals surface area contributed by atoms with Gasteiger partial charge < -0.3 is 0 Å². The smallest absolute Gasteiger partial charge is 0.288 e. The molecule has 1 heterocycles. The zero-order valence-electron chi connectivity index (χ0n) is 20.1. The maximum absolute atomic E-state index is 13.8. The fourth-order valence-electron chi connectivity index (χ4n) is 4.05. The molecule has 4 rings (SSSR count). The SMILES string of the molecule is O=c1c(-c2ccc(S(=O)(=O)c3ccc(F)cc3)cc2)cn(C(F)(F)F)cc1-c1cccc(CCCC(I)I)c1. The summed E-state index contributed by atoms with van der Waals surface area (Å²) in [5, 5.41) is 0. The van der Waals surface area contributed by atoms with Gasteiger partial charge in [-0.15, -0.1) is 13.2 Å². The average molecular weight is 781 g/mol. The number of alkyl halides is 5. The summed E-state index contributed by atoms with van der Waals surface area (Å²) >= 11 is 4.65. The van der Waals surface area contributed by atoms with E-state index in [1.165, 1.54) is 24.3 Å². The molecule has 11 heteroatoms. The van der Waals surface area contributed by atoms with Crippen LogP contribution in [0, 0.1) is 5.82 Å². The quantitative estimate of drug-likeness (QED) is 0.0786. The van der Waals surface area contributed by atoms with Gasteiger partial charge in [0.1, 0.15) is 5.82 Å². The predicted octanol–water partition coefficient (Wildman–Crippen LogP) is 8.15. The Balaban J connectivity index is 1.76. The molecule has 0 atom stereocenters. The molecule has 204 valence electrons. The minimum absolute atomic E-state index is 0.0334. The molecule has 0 spiro atoms. The number of rotatable bonds is 8. The molecule has 0 unspecified atom stereocenters. The van der Waals surface area contributed by atoms with Crippen molar-refractivity contribution in [2.45, 2.75) is 37.3 Å². The van der Waals surface area contributed by atoms with Crippen molar-refractivity contribution in [3.05, 3.63) is 107 Å². The van der Waals surface area contributed by atoms with Crippen molar-refractivity contribution in [2.75, 3.05) is 0 Å². The van der Waals surface area contributed by atoms with E-state index in [0.29, 0.717) is 13.7 Å². The molecule has 3 aromatic carbocycles. The predicted molar refractivity (Wildman–Crippen MR) is 159 cm³/mol. The van der Waals surface area contributed by atoms with Crippen LogP contribution >= 0.6 is 45.2 Å². The number of aromatic nitrogens is 1. The van der Waals surface area contributed by atoms with E-state index < -0.39 is 27.4 Å². The number of sulfone groups is 1. The molecular weight excluding hydrogens is 760 g/mol. The Kier molecular flexibility index (Phi) is 9.21. The van der Waals surface area contributed by atoms with Gasteiger partial charge in [0.25, 0.3) is 0 Å². The molecule has 1 aromatic heterocycles. The first-order valence-electron chi connectivity index (χ1n) is 11.7. The van der Waals surface area contributed by atoms with Crippen LogP contribution in [-0.2, 0) is 22.6 Å². The van der Waals surface area contributed by atoms with Crippen molar-refractivity contribution in [3.63, 3.8) is 0 Å². The fraction of sp³-hybridized carbons (Fsp3) is 0.179. The molecule has 0 radical (unpaired) electrons. The summed E-state index contributed by atoms with van der Waals surface area (Å²) in [7, 11) is -4.00. The van der Waals surface area contributed by atoms with E-state index in [9.17, 15) is 30.8 Å². The minimum Gasteiger partial charge on any atom is -0.288 e. The number of pyridine rings is 1. The number of nitrogens with zero attached hydrogens (tertiary/aromatic N) is 1. The molecule has 0 aliphatic rings. The summed E-state index contributed by atoms with van der Waals surface area (Å²) in [4.78, 5) is 13.2. The van der Waals surface area contributed by atoms with E-state index in [1.54, 1.807) is 18.2 Å². The van der Waals surface area contributed by atoms with Gasteiger partial charge in [-0.2, -0.15) is 0 Å². The second kappa shape index (κ2) is 12.1. The number of halogens is 6. The first kappa shape index (κ1) is 29.7. The van der Waals surface area contributed by atoms with Crippen LogP contribution in [0.3, 0.4) is 0 Å². The van der Waals surface area contributed by atoms with E-state index in [2.05, 4.69) is 45.2 Å². The van der Waals surface area contributed by atoms with Crippen LogP contribution in [0.15, 0.2) is 99.8 Å². The fourth-order valence-corrected chi connectivity index (χ4v) is 6.20. The van der Waals surface area contributed by atoms with Crippen LogP contribution < -0.4 is 5.43 Å². The number of aryl methyl sites for hydroxylation is 1. The van der Waals surface area contributed by atoms with Gasteiger partial charge >= 0.3 is 6.30 Å². The second-order valence-electron chi connectivity index (χ2n) is 8.76. The zero-order valence-corrected chi connectivity index (χ0v) is 25.3. The zero-order chi connectivity index (χ0) is 28.4. The lowest BCUT2D eigenvalue weighted by atomic mass is 9.98. The van der Waals surface area contributed by atoms with E-state index >= 15 is 0 Å². The highest BCUT2D eigenvalue weighted by molar-refractivity contribution is 14.2. The Labute approximate surface area is 250 Å². The third kappa shape index (κ3) is 7.09. The van der Waals surface area contributed by atoms with E-state index in [1.807, 2.05) is 6.07 Å². The highest BCUT2D eigenvalue weighted by atomic mass is 127. The highest BCUT2D eigenvalue weighted by Crippen LogP contribution is 2.30. The largest absolute Gasteiger partial charge is 0.488 e. The Morgan fingerprint density at radius 1 is 0.821 bits per heavy atom. The molecule has 0 N–H and O–H groups in total. The second-order valence-corrected chi connectivity index (χ2v) is 16.1. The third-order valence-corrected chi connectivity index (χ3v) is 9.07. The summed E-state index contributed by atoms with van der Waals surface area (Å²) in [6.45, 7) is 0. The van der Waals surface area contributed by atoms with Crippen LogP contribution in [0.5, 0.6) is 0 Å². The van der Waals surface area contributed by atoms with Crippen molar-refractivity contribution in [3.8, 4) is 22.3 Å². The molecule has 0 saturated carbocycles. The van der Waals surface area contributed by atoms with Crippen LogP contribution in [0.4, 0.5) is 17.6 Å². The highest BCUT2D eigenvalue weighted by Gasteiger charge is 2.31. The van der Waals surface area contributed by atoms with Gasteiger partial charge in [0.05, 0.1) is 11.7 Å². The lowest BCUT2D eigenvalue weighted by Gasteiger charge is -2.16. The Hall–Kier alpha value is -2.26. The maximum atomic E-state index is 13.8. The van der Waals surface area contributed by atoms with Gasteiger partial charge in [0, 0.05) is 23.5 Å². The maximum Gasteiger partial charge on any atom is 0.488 e. The molecule has 4 nitrogen and oxygen atoms in total. The summed E-state index contributed by atoms with van der Waals surface area (Å²) in [5.41, 5.74) is 0.465. The summed E-state index contributed by atoms with van der Waals surface area (Å²) < 4.78 is 81.0. The molecule has 0 bridgehead atoms. The van der Waals surface area contributed by atoms with Crippen LogP contribution in [-0.4, -0.2) is 14.9 Å². The monoisotopic (exact) mass is 781 g/mol. The standard InChI is InChI=1S/C28H21F4I2NO3S/c29-21-9-13-23(14-10-21)39(37,38)22-11-7-19(8-12-22)24-16-35(28(30,31)32)17-25(27(24)36)20-5-1-3-18(15-20)4-2-6-26(33)34/h1,3,5,7-17,26H,2,4,6H2. The molecule has 0 aliphatic heterocycles. The molecule has 0 fully saturated rings. The normalized spacial score (nSPS) is 12.2. The summed E-state index contributed by atoms with van der Waals surface area (Å²) in [6, 6.07) is 16.2. The molecular formula is C28H21F4I2NO3S. The third-order valence-electron chi connectivity index (χ3n) is 6.04. The Morgan fingerprint density at radius 2 is 1.38 bits per heavy atom. The van der Waals surface area contributed by atoms with Gasteiger partial charge in [0.15, 0.2) is 5.43 Å². The summed E-state index contributed by atoms with van der Waals surface area (Å²) in [5.74, 6) is -0.592. The number of hydrogen-bond donors (Lipinski definition) is 0. The van der Waals surface area contributed by atoms with E-state index in [-0.39, 0.29) is 31.0 Å². The van der Waals surface area contributed by atoms with Crippen molar-refractivity contribution in [1.29, 1.82) is 0 Å². The van der Waals surface area contributed by atoms with Crippen LogP contribution in [0.1, 0.15) is 18.4 Å². The van der Waals surface area contributed by atoms with Gasteiger partial charge in [-0.1, -0.05) is 81.6 Å². The molecule has 0 aliphatic carbocycles. The van der Waals surface area contributed by atoms with E-state index in [4.69, 9.17) is 0 Å². The van der Waals surface area contributed by atoms with E-state index in [0.717, 1.165) is 55.3 Å². The number of hydrogen-bond acceptors (Lipinski definition) is 3. The van der Waals surface area contributed by atoms with Crippen LogP contribution in [0.25, 0.3) is 22.3 Å². The number of benzene rings is 3. The minimum atomic E-state index is -4.78. The van der Waals surface area contributed by atoms with Crippen molar-refractivity contribution in [2.24, 2.45) is 0 Å². The van der Waals surface area contributed by atoms with Gasteiger partial charge in [-0.05, 0) is 72.4 Å². The molecule has 39 heavy (non-hydrogen) atoms. The average Bonchev–Trinajstić information content (AvgIpc) is 2.88. The Morgan fingerprint density at radius 3 is 1.95 bits per heavy atom. The molecule has 4 aromatic rings. The van der Waals surface area contributed by atoms with Crippen molar-refractivity contribution in [1.82, 2.24) is 4.57 Å². The van der Waals surface area contributed by atoms with Gasteiger partial charge in [-0.3, -0.25) is 9.36 Å². The van der Waals surface area contributed by atoms with Crippen molar-refractivity contribution < 1.29 is 26.0 Å². The topological polar surface area (TPSA) is 56.1 Å². The first-order chi connectivity index (χ1) is 18.4. The molecule has 0 saturated heterocycles. The van der Waals surface area contributed by atoms with Crippen LogP contribution in [0.2, 0.25) is 0 Å². The van der Waals surface area contributed by atoms with Crippen molar-refractivity contribution >= 4 is 55.0 Å². The lowest BCUT2D eigenvalue weighted by molar-refractivity contribution is -0.204. The molecule has 0 amide bonds. The lowest BCUT2D eigenvalue weighted by Crippen LogP contribution is -2.21.